The van der Waals surface area contributed by atoms with E-state index in [1.807, 2.05) is 44.2 Å². The summed E-state index contributed by atoms with van der Waals surface area (Å²) >= 11 is 0. The monoisotopic (exact) mass is 472 g/mol. The minimum atomic E-state index is -1.35. The summed E-state index contributed by atoms with van der Waals surface area (Å²) in [4.78, 5) is 37.7. The highest BCUT2D eigenvalue weighted by atomic mass is 32.2. The summed E-state index contributed by atoms with van der Waals surface area (Å²) < 4.78 is 13.5. The topological polar surface area (TPSA) is 108 Å². The predicted molar refractivity (Wildman–Crippen MR) is 132 cm³/mol. The third-order valence-electron chi connectivity index (χ3n) is 5.03. The quantitative estimate of drug-likeness (QED) is 0.411. The van der Waals surface area contributed by atoms with Crippen molar-refractivity contribution in [3.05, 3.63) is 65.2 Å². The number of amides is 2. The van der Waals surface area contributed by atoms with Crippen LogP contribution in [0, 0.1) is 0 Å². The summed E-state index contributed by atoms with van der Waals surface area (Å²) in [6, 6.07) is 13.9. The molecule has 9 heteroatoms. The molecule has 3 N–H and O–H groups in total. The van der Waals surface area contributed by atoms with Crippen molar-refractivity contribution in [3.63, 3.8) is 0 Å². The number of ketones is 1. The predicted octanol–water partition coefficient (Wildman–Crippen LogP) is 2.21. The fraction of sp³-hybridized carbons (Fsp3) is 0.375. The van der Waals surface area contributed by atoms with E-state index in [0.717, 1.165) is 18.5 Å². The lowest BCUT2D eigenvalue weighted by atomic mass is 10.1. The van der Waals surface area contributed by atoms with Gasteiger partial charge in [0, 0.05) is 24.4 Å². The second kappa shape index (κ2) is 12.9. The summed E-state index contributed by atoms with van der Waals surface area (Å²) in [6.07, 6.45) is 2.42. The van der Waals surface area contributed by atoms with Crippen molar-refractivity contribution in [2.75, 3.05) is 37.2 Å². The molecule has 1 unspecified atom stereocenters. The van der Waals surface area contributed by atoms with E-state index in [9.17, 15) is 18.6 Å². The molecule has 0 saturated carbocycles. The van der Waals surface area contributed by atoms with Gasteiger partial charge >= 0.3 is 0 Å². The first kappa shape index (κ1) is 26.2. The molecule has 2 amide bonds. The van der Waals surface area contributed by atoms with E-state index >= 15 is 0 Å². The van der Waals surface area contributed by atoms with Crippen LogP contribution in [0.5, 0.6) is 0 Å². The molecule has 0 aliphatic rings. The summed E-state index contributed by atoms with van der Waals surface area (Å²) in [6.45, 7) is 4.65. The fourth-order valence-corrected chi connectivity index (χ4v) is 3.46. The number of nitrogens with one attached hydrogen (secondary N) is 3. The maximum absolute atomic E-state index is 13.0. The Morgan fingerprint density at radius 2 is 1.64 bits per heavy atom. The summed E-state index contributed by atoms with van der Waals surface area (Å²) in [7, 11) is 0.262. The normalized spacial score (nSPS) is 12.5. The number of carbonyl (C=O) groups excluding carboxylic acids is 3. The maximum atomic E-state index is 13.0. The Hall–Kier alpha value is -3.04. The molecule has 178 valence electrons. The zero-order valence-corrected chi connectivity index (χ0v) is 20.3. The lowest BCUT2D eigenvalue weighted by Gasteiger charge is -2.19. The molecular formula is C24H32N4O4S. The smallest absolute Gasteiger partial charge is 0.251 e. The molecule has 0 aliphatic carbocycles. The number of nitrogens with zero attached hydrogens (tertiary/aromatic N) is 1. The van der Waals surface area contributed by atoms with Gasteiger partial charge in [0.25, 0.3) is 11.8 Å². The zero-order chi connectivity index (χ0) is 24.4. The number of carbonyl (C=O) groups is 3. The first-order valence-corrected chi connectivity index (χ1v) is 12.3. The number of rotatable bonds is 12. The van der Waals surface area contributed by atoms with Gasteiger partial charge in [-0.15, -0.1) is 0 Å². The first-order valence-electron chi connectivity index (χ1n) is 10.8. The van der Waals surface area contributed by atoms with Crippen LogP contribution in [-0.4, -0.2) is 54.7 Å². The Labute approximate surface area is 197 Å². The summed E-state index contributed by atoms with van der Waals surface area (Å²) in [5, 5.41) is 8.52. The summed E-state index contributed by atoms with van der Waals surface area (Å²) in [5.74, 6) is -0.993. The van der Waals surface area contributed by atoms with Crippen LogP contribution >= 0.6 is 0 Å². The number of hydrogen-bond acceptors (Lipinski definition) is 5. The van der Waals surface area contributed by atoms with Crippen molar-refractivity contribution in [1.82, 2.24) is 16.0 Å². The Bertz CT molecular complexity index is 997. The minimum absolute atomic E-state index is 0.123. The van der Waals surface area contributed by atoms with Gasteiger partial charge < -0.3 is 16.0 Å². The van der Waals surface area contributed by atoms with Crippen LogP contribution in [0.25, 0.3) is 0 Å². The molecule has 33 heavy (non-hydrogen) atoms. The van der Waals surface area contributed by atoms with Crippen LogP contribution in [0.4, 0.5) is 5.69 Å². The van der Waals surface area contributed by atoms with Gasteiger partial charge in [-0.3, -0.25) is 18.7 Å². The number of hydrogen-bond donors (Lipinski definition) is 3. The van der Waals surface area contributed by atoms with Gasteiger partial charge in [-0.05, 0) is 43.7 Å². The minimum Gasteiger partial charge on any atom is -0.346 e. The highest BCUT2D eigenvalue weighted by Gasteiger charge is 2.18. The van der Waals surface area contributed by atoms with Crippen molar-refractivity contribution < 1.29 is 18.6 Å². The molecule has 0 aliphatic heterocycles. The van der Waals surface area contributed by atoms with Gasteiger partial charge in [0.15, 0.2) is 5.78 Å². The summed E-state index contributed by atoms with van der Waals surface area (Å²) in [5.41, 5.74) is 1.86. The van der Waals surface area contributed by atoms with E-state index in [4.69, 9.17) is 0 Å². The molecule has 0 aromatic heterocycles. The van der Waals surface area contributed by atoms with E-state index in [1.165, 1.54) is 16.6 Å². The number of anilines is 1. The average Bonchev–Trinajstić information content (AvgIpc) is 2.82. The largest absolute Gasteiger partial charge is 0.346 e. The van der Waals surface area contributed by atoms with Crippen LogP contribution in [-0.2, 0) is 15.8 Å². The lowest BCUT2D eigenvalue weighted by molar-refractivity contribution is -0.117. The Morgan fingerprint density at radius 3 is 2.24 bits per heavy atom. The van der Waals surface area contributed by atoms with Crippen LogP contribution in [0.2, 0.25) is 0 Å². The molecule has 0 saturated heterocycles. The van der Waals surface area contributed by atoms with Crippen LogP contribution in [0.1, 0.15) is 52.6 Å². The zero-order valence-electron chi connectivity index (χ0n) is 19.5. The molecule has 0 radical (unpaired) electrons. The molecule has 2 rings (SSSR count). The van der Waals surface area contributed by atoms with Crippen molar-refractivity contribution in [3.8, 4) is 0 Å². The third kappa shape index (κ3) is 8.11. The van der Waals surface area contributed by atoms with E-state index in [1.54, 1.807) is 19.2 Å². The maximum Gasteiger partial charge on any atom is 0.251 e. The highest BCUT2D eigenvalue weighted by Crippen LogP contribution is 2.21. The molecule has 0 heterocycles. The van der Waals surface area contributed by atoms with Gasteiger partial charge in [0.1, 0.15) is 11.0 Å². The second-order valence-corrected chi connectivity index (χ2v) is 9.09. The van der Waals surface area contributed by atoms with Crippen molar-refractivity contribution >= 4 is 34.3 Å². The van der Waals surface area contributed by atoms with E-state index in [2.05, 4.69) is 16.0 Å². The van der Waals surface area contributed by atoms with Crippen LogP contribution in [0.15, 0.2) is 48.5 Å². The third-order valence-corrected chi connectivity index (χ3v) is 6.02. The Balaban J connectivity index is 2.21. The molecular weight excluding hydrogens is 440 g/mol. The second-order valence-electron chi connectivity index (χ2n) is 7.69. The standard InChI is InChI=1S/C24H32N4O4S/c1-5-11-25-15-22(29)16-26-23(30)19-12-20(14-21(13-19)28(3)33(4)32)24(31)27-17(2)18-9-7-6-8-10-18/h6-10,12-14,17,25H,5,11,15-16H2,1-4H3,(H,26,30)(H,27,31)/t17-,33?/m1/s1. The SMILES string of the molecule is CCCNCC(=O)CNC(=O)c1cc(C(=O)N[C@H](C)c2ccccc2)cc(N(C)S(C)=O)c1. The van der Waals surface area contributed by atoms with Gasteiger partial charge in [-0.1, -0.05) is 37.3 Å². The highest BCUT2D eigenvalue weighted by molar-refractivity contribution is 7.85. The van der Waals surface area contributed by atoms with Crippen molar-refractivity contribution in [2.24, 2.45) is 0 Å². The van der Waals surface area contributed by atoms with Gasteiger partial charge in [0.05, 0.1) is 24.8 Å². The molecule has 0 fully saturated rings. The van der Waals surface area contributed by atoms with Gasteiger partial charge in [-0.25, -0.2) is 4.21 Å². The van der Waals surface area contributed by atoms with E-state index < -0.39 is 16.9 Å². The van der Waals surface area contributed by atoms with Gasteiger partial charge in [-0.2, -0.15) is 0 Å². The molecule has 0 spiro atoms. The number of benzene rings is 2. The fourth-order valence-electron chi connectivity index (χ4n) is 3.06. The first-order chi connectivity index (χ1) is 15.7. The molecule has 0 bridgehead atoms. The number of Topliss-reactive ketones (excluding diaryl/α,β-unsaturated/α-hetero) is 1. The molecule has 8 nitrogen and oxygen atoms in total. The molecule has 2 aromatic carbocycles. The van der Waals surface area contributed by atoms with Crippen molar-refractivity contribution in [2.45, 2.75) is 26.3 Å². The Morgan fingerprint density at radius 1 is 1.00 bits per heavy atom. The van der Waals surface area contributed by atoms with Crippen LogP contribution < -0.4 is 20.3 Å². The molecule has 2 aromatic rings. The van der Waals surface area contributed by atoms with E-state index in [0.29, 0.717) is 5.69 Å². The van der Waals surface area contributed by atoms with Crippen LogP contribution in [0.3, 0.4) is 0 Å². The van der Waals surface area contributed by atoms with Gasteiger partial charge in [0.2, 0.25) is 0 Å². The van der Waals surface area contributed by atoms with E-state index in [-0.39, 0.29) is 41.9 Å². The molecule has 2 atom stereocenters. The van der Waals surface area contributed by atoms with Crippen molar-refractivity contribution in [1.29, 1.82) is 0 Å². The average molecular weight is 473 g/mol. The lowest BCUT2D eigenvalue weighted by Crippen LogP contribution is -2.35. The Kier molecular flexibility index (Phi) is 10.2.